The van der Waals surface area contributed by atoms with E-state index in [0.29, 0.717) is 6.54 Å². The van der Waals surface area contributed by atoms with E-state index < -0.39 is 0 Å². The number of aliphatic imine (C=N–C) groups is 1. The lowest BCUT2D eigenvalue weighted by Crippen LogP contribution is -2.43. The number of thiophene rings is 1. The summed E-state index contributed by atoms with van der Waals surface area (Å²) in [5.74, 6) is 1.04. The van der Waals surface area contributed by atoms with Crippen LogP contribution in [-0.2, 0) is 0 Å². The second-order valence-electron chi connectivity index (χ2n) is 5.29. The lowest BCUT2D eigenvalue weighted by atomic mass is 10.2. The average molecular weight is 413 g/mol. The van der Waals surface area contributed by atoms with Crippen LogP contribution < -0.4 is 9.80 Å². The summed E-state index contributed by atoms with van der Waals surface area (Å²) in [5, 5.41) is 0. The molecule has 0 atom stereocenters. The van der Waals surface area contributed by atoms with E-state index in [2.05, 4.69) is 38.0 Å². The second kappa shape index (κ2) is 6.63. The van der Waals surface area contributed by atoms with E-state index in [1.807, 2.05) is 29.2 Å². The first-order valence-corrected chi connectivity index (χ1v) is 8.82. The SMILES string of the molecule is Cl.O=C(CN1C2=NCCCN2c2ccccc21)c1ccc(Br)s1. The van der Waals surface area contributed by atoms with E-state index in [0.717, 1.165) is 45.5 Å². The molecule has 0 fully saturated rings. The topological polar surface area (TPSA) is 35.9 Å². The van der Waals surface area contributed by atoms with Crippen molar-refractivity contribution in [3.8, 4) is 0 Å². The van der Waals surface area contributed by atoms with E-state index >= 15 is 0 Å². The first-order chi connectivity index (χ1) is 10.7. The number of hydrogen-bond acceptors (Lipinski definition) is 5. The molecule has 0 spiro atoms. The van der Waals surface area contributed by atoms with Crippen LogP contribution in [0.15, 0.2) is 45.2 Å². The van der Waals surface area contributed by atoms with Crippen LogP contribution in [0.5, 0.6) is 0 Å². The Morgan fingerprint density at radius 3 is 2.74 bits per heavy atom. The van der Waals surface area contributed by atoms with E-state index in [-0.39, 0.29) is 18.2 Å². The van der Waals surface area contributed by atoms with Gasteiger partial charge in [-0.1, -0.05) is 12.1 Å². The van der Waals surface area contributed by atoms with Crippen LogP contribution in [0.3, 0.4) is 0 Å². The molecule has 120 valence electrons. The maximum atomic E-state index is 12.6. The number of para-hydroxylation sites is 2. The Morgan fingerprint density at radius 2 is 2.00 bits per heavy atom. The van der Waals surface area contributed by atoms with Gasteiger partial charge in [-0.3, -0.25) is 9.79 Å². The third-order valence-electron chi connectivity index (χ3n) is 3.89. The molecule has 0 radical (unpaired) electrons. The van der Waals surface area contributed by atoms with Gasteiger partial charge in [0.2, 0.25) is 5.96 Å². The fourth-order valence-corrected chi connectivity index (χ4v) is 4.24. The van der Waals surface area contributed by atoms with Crippen LogP contribution >= 0.6 is 39.7 Å². The van der Waals surface area contributed by atoms with Crippen molar-refractivity contribution in [3.63, 3.8) is 0 Å². The van der Waals surface area contributed by atoms with Crippen molar-refractivity contribution in [3.05, 3.63) is 45.1 Å². The van der Waals surface area contributed by atoms with Crippen LogP contribution in [0.1, 0.15) is 16.1 Å². The monoisotopic (exact) mass is 411 g/mol. The van der Waals surface area contributed by atoms with Crippen molar-refractivity contribution in [2.24, 2.45) is 4.99 Å². The van der Waals surface area contributed by atoms with Gasteiger partial charge in [-0.2, -0.15) is 0 Å². The molecule has 1 aromatic heterocycles. The minimum Gasteiger partial charge on any atom is -0.310 e. The number of nitrogens with zero attached hydrogens (tertiary/aromatic N) is 3. The molecule has 2 aromatic rings. The predicted octanol–water partition coefficient (Wildman–Crippen LogP) is 4.20. The summed E-state index contributed by atoms with van der Waals surface area (Å²) in [6, 6.07) is 12.0. The van der Waals surface area contributed by atoms with Crippen molar-refractivity contribution in [1.29, 1.82) is 0 Å². The first kappa shape index (κ1) is 16.5. The Hall–Kier alpha value is -1.37. The molecule has 4 rings (SSSR count). The number of anilines is 2. The maximum absolute atomic E-state index is 12.6. The van der Waals surface area contributed by atoms with Gasteiger partial charge in [0.25, 0.3) is 0 Å². The number of ketones is 1. The summed E-state index contributed by atoms with van der Waals surface area (Å²) in [6.45, 7) is 2.12. The molecule has 23 heavy (non-hydrogen) atoms. The Morgan fingerprint density at radius 1 is 1.22 bits per heavy atom. The largest absolute Gasteiger partial charge is 0.310 e. The summed E-state index contributed by atoms with van der Waals surface area (Å²) < 4.78 is 0.981. The molecule has 3 heterocycles. The summed E-state index contributed by atoms with van der Waals surface area (Å²) in [5.41, 5.74) is 2.23. The highest BCUT2D eigenvalue weighted by Crippen LogP contribution is 2.38. The van der Waals surface area contributed by atoms with Crippen molar-refractivity contribution < 1.29 is 4.79 Å². The van der Waals surface area contributed by atoms with Gasteiger partial charge in [0.05, 0.1) is 26.6 Å². The number of guanidine groups is 1. The molecule has 2 aliphatic rings. The molecule has 1 aromatic carbocycles. The number of hydrogen-bond donors (Lipinski definition) is 0. The Labute approximate surface area is 153 Å². The highest BCUT2D eigenvalue weighted by molar-refractivity contribution is 9.11. The van der Waals surface area contributed by atoms with Crippen molar-refractivity contribution in [2.45, 2.75) is 6.42 Å². The Kier molecular flexibility index (Phi) is 4.75. The van der Waals surface area contributed by atoms with Crippen molar-refractivity contribution in [2.75, 3.05) is 29.4 Å². The van der Waals surface area contributed by atoms with E-state index in [9.17, 15) is 4.79 Å². The van der Waals surface area contributed by atoms with Gasteiger partial charge in [0, 0.05) is 13.1 Å². The number of rotatable bonds is 3. The fourth-order valence-electron chi connectivity index (χ4n) is 2.92. The maximum Gasteiger partial charge on any atom is 0.206 e. The molecule has 0 unspecified atom stereocenters. The molecular formula is C16H15BrClN3OS. The molecule has 7 heteroatoms. The average Bonchev–Trinajstić information content (AvgIpc) is 3.11. The van der Waals surface area contributed by atoms with Gasteiger partial charge in [-0.25, -0.2) is 0 Å². The Balaban J connectivity index is 0.00000156. The van der Waals surface area contributed by atoms with Gasteiger partial charge in [0.15, 0.2) is 5.78 Å². The van der Waals surface area contributed by atoms with Gasteiger partial charge in [0.1, 0.15) is 0 Å². The van der Waals surface area contributed by atoms with E-state index in [1.54, 1.807) is 0 Å². The van der Waals surface area contributed by atoms with Gasteiger partial charge in [-0.15, -0.1) is 23.7 Å². The summed E-state index contributed by atoms with van der Waals surface area (Å²) in [7, 11) is 0. The molecule has 2 aliphatic heterocycles. The molecule has 0 saturated heterocycles. The third-order valence-corrected chi connectivity index (χ3v) is 5.55. The first-order valence-electron chi connectivity index (χ1n) is 7.21. The number of benzene rings is 1. The molecule has 0 bridgehead atoms. The number of fused-ring (bicyclic) bond motifs is 3. The number of Topliss-reactive ketones (excluding diaryl/α,β-unsaturated/α-hetero) is 1. The highest BCUT2D eigenvalue weighted by Gasteiger charge is 2.34. The molecule has 0 saturated carbocycles. The normalized spacial score (nSPS) is 15.6. The number of carbonyl (C=O) groups excluding carboxylic acids is 1. The highest BCUT2D eigenvalue weighted by atomic mass is 79.9. The zero-order chi connectivity index (χ0) is 15.1. The van der Waals surface area contributed by atoms with Crippen LogP contribution in [0.2, 0.25) is 0 Å². The molecule has 0 aliphatic carbocycles. The predicted molar refractivity (Wildman–Crippen MR) is 102 cm³/mol. The molecule has 0 amide bonds. The second-order valence-corrected chi connectivity index (χ2v) is 7.75. The van der Waals surface area contributed by atoms with Crippen LogP contribution in [-0.4, -0.2) is 31.4 Å². The molecular weight excluding hydrogens is 398 g/mol. The minimum absolute atomic E-state index is 0. The number of carbonyl (C=O) groups is 1. The minimum atomic E-state index is 0. The quantitative estimate of drug-likeness (QED) is 0.709. The van der Waals surface area contributed by atoms with Gasteiger partial charge < -0.3 is 9.80 Å². The van der Waals surface area contributed by atoms with Crippen molar-refractivity contribution in [1.82, 2.24) is 0 Å². The lowest BCUT2D eigenvalue weighted by molar-refractivity contribution is 0.101. The van der Waals surface area contributed by atoms with Crippen LogP contribution in [0.25, 0.3) is 0 Å². The van der Waals surface area contributed by atoms with E-state index in [4.69, 9.17) is 0 Å². The van der Waals surface area contributed by atoms with Crippen LogP contribution in [0.4, 0.5) is 11.4 Å². The van der Waals surface area contributed by atoms with E-state index in [1.165, 1.54) is 11.3 Å². The zero-order valence-electron chi connectivity index (χ0n) is 12.2. The summed E-state index contributed by atoms with van der Waals surface area (Å²) >= 11 is 4.89. The number of halogens is 2. The standard InChI is InChI=1S/C16H14BrN3OS.ClH/c17-15-7-6-14(22-15)13(21)10-20-12-5-2-1-4-11(12)19-9-3-8-18-16(19)20;/h1-2,4-7H,3,8-10H2;1H. The third kappa shape index (κ3) is 2.91. The summed E-state index contributed by atoms with van der Waals surface area (Å²) in [6.07, 6.45) is 1.05. The zero-order valence-corrected chi connectivity index (χ0v) is 15.5. The fraction of sp³-hybridized carbons (Fsp3) is 0.250. The smallest absolute Gasteiger partial charge is 0.206 e. The Bertz CT molecular complexity index is 776. The van der Waals surface area contributed by atoms with Crippen LogP contribution in [0, 0.1) is 0 Å². The van der Waals surface area contributed by atoms with Gasteiger partial charge >= 0.3 is 0 Å². The van der Waals surface area contributed by atoms with Gasteiger partial charge in [-0.05, 0) is 46.6 Å². The lowest BCUT2D eigenvalue weighted by Gasteiger charge is -2.26. The summed E-state index contributed by atoms with van der Waals surface area (Å²) in [4.78, 5) is 22.3. The van der Waals surface area contributed by atoms with Crippen molar-refractivity contribution >= 4 is 62.8 Å². The molecule has 0 N–H and O–H groups in total. The molecule has 4 nitrogen and oxygen atoms in total.